The summed E-state index contributed by atoms with van der Waals surface area (Å²) >= 11 is 13.5. The molecule has 1 heterocycles. The number of nitrogens with one attached hydrogen (secondary N) is 1. The van der Waals surface area contributed by atoms with Crippen LogP contribution in [0.3, 0.4) is 0 Å². The number of amides is 1. The number of methoxy groups -OCH3 is 1. The average Bonchev–Trinajstić information content (AvgIpc) is 3.03. The van der Waals surface area contributed by atoms with E-state index in [9.17, 15) is 4.79 Å². The lowest BCUT2D eigenvalue weighted by Crippen LogP contribution is -2.13. The quantitative estimate of drug-likeness (QED) is 0.455. The molecule has 0 aliphatic rings. The minimum atomic E-state index is -0.297. The molecule has 1 N–H and O–H groups in total. The minimum absolute atomic E-state index is 0.297. The number of carbonyl (C=O) groups excluding carboxylic acids is 1. The van der Waals surface area contributed by atoms with Crippen molar-refractivity contribution in [2.24, 2.45) is 0 Å². The van der Waals surface area contributed by atoms with Crippen LogP contribution in [-0.2, 0) is 0 Å². The highest BCUT2D eigenvalue weighted by Crippen LogP contribution is 2.34. The molecular weight excluding hydrogens is 391 g/mol. The van der Waals surface area contributed by atoms with E-state index in [-0.39, 0.29) is 5.91 Å². The summed E-state index contributed by atoms with van der Waals surface area (Å²) in [6.45, 7) is 0. The number of halogens is 2. The Morgan fingerprint density at radius 3 is 2.58 bits per heavy atom. The number of fused-ring (bicyclic) bond motifs is 2. The van der Waals surface area contributed by atoms with Crippen molar-refractivity contribution in [1.82, 2.24) is 4.98 Å². The summed E-state index contributed by atoms with van der Waals surface area (Å²) < 4.78 is 6.20. The summed E-state index contributed by atoms with van der Waals surface area (Å²) in [5, 5.41) is 6.21. The van der Waals surface area contributed by atoms with Gasteiger partial charge in [0, 0.05) is 5.02 Å². The fourth-order valence-electron chi connectivity index (χ4n) is 2.74. The van der Waals surface area contributed by atoms with E-state index in [0.717, 1.165) is 15.5 Å². The molecule has 0 aliphatic heterocycles. The third-order valence-corrected chi connectivity index (χ3v) is 5.37. The molecule has 130 valence electrons. The number of anilines is 1. The zero-order valence-corrected chi connectivity index (χ0v) is 15.9. The number of aromatic nitrogens is 1. The van der Waals surface area contributed by atoms with Gasteiger partial charge in [0.15, 0.2) is 5.13 Å². The highest BCUT2D eigenvalue weighted by Gasteiger charge is 2.16. The van der Waals surface area contributed by atoms with Crippen molar-refractivity contribution in [2.75, 3.05) is 12.4 Å². The maximum Gasteiger partial charge on any atom is 0.261 e. The largest absolute Gasteiger partial charge is 0.496 e. The topological polar surface area (TPSA) is 51.2 Å². The van der Waals surface area contributed by atoms with Crippen LogP contribution >= 0.6 is 34.5 Å². The Kier molecular flexibility index (Phi) is 4.44. The lowest BCUT2D eigenvalue weighted by molar-refractivity contribution is 0.102. The number of hydrogen-bond donors (Lipinski definition) is 1. The molecule has 4 rings (SSSR count). The molecule has 0 aliphatic carbocycles. The first-order valence-electron chi connectivity index (χ1n) is 7.69. The Hall–Kier alpha value is -2.34. The summed E-state index contributed by atoms with van der Waals surface area (Å²) in [5.41, 5.74) is 1.05. The molecule has 0 saturated carbocycles. The molecule has 0 saturated heterocycles. The summed E-state index contributed by atoms with van der Waals surface area (Å²) in [4.78, 5) is 17.2. The van der Waals surface area contributed by atoms with E-state index in [0.29, 0.717) is 32.0 Å². The van der Waals surface area contributed by atoms with E-state index in [1.807, 2.05) is 30.3 Å². The minimum Gasteiger partial charge on any atom is -0.496 e. The molecular formula is C19H12Cl2N2O2S. The van der Waals surface area contributed by atoms with Crippen LogP contribution < -0.4 is 10.1 Å². The Bertz CT molecular complexity index is 1160. The SMILES string of the molecule is COc1cc2ccccc2cc1C(=O)Nc1nc2c(Cl)cc(Cl)cc2s1. The van der Waals surface area contributed by atoms with Crippen LogP contribution in [0.4, 0.5) is 5.13 Å². The number of nitrogens with zero attached hydrogens (tertiary/aromatic N) is 1. The second-order valence-corrected chi connectivity index (χ2v) is 7.48. The molecule has 7 heteroatoms. The molecule has 0 unspecified atom stereocenters. The summed E-state index contributed by atoms with van der Waals surface area (Å²) in [5.74, 6) is 0.206. The van der Waals surface area contributed by atoms with Gasteiger partial charge in [-0.15, -0.1) is 0 Å². The van der Waals surface area contributed by atoms with Gasteiger partial charge in [0.1, 0.15) is 11.3 Å². The van der Waals surface area contributed by atoms with Gasteiger partial charge in [-0.1, -0.05) is 58.8 Å². The van der Waals surface area contributed by atoms with Gasteiger partial charge in [-0.3, -0.25) is 10.1 Å². The predicted octanol–water partition coefficient (Wildman–Crippen LogP) is 6.02. The van der Waals surface area contributed by atoms with Gasteiger partial charge in [0.2, 0.25) is 0 Å². The van der Waals surface area contributed by atoms with Gasteiger partial charge in [0.05, 0.1) is 22.4 Å². The van der Waals surface area contributed by atoms with Gasteiger partial charge in [-0.05, 0) is 35.0 Å². The number of ether oxygens (including phenoxy) is 1. The zero-order chi connectivity index (χ0) is 18.3. The third kappa shape index (κ3) is 3.09. The highest BCUT2D eigenvalue weighted by molar-refractivity contribution is 7.22. The van der Waals surface area contributed by atoms with Crippen LogP contribution in [0.5, 0.6) is 5.75 Å². The van der Waals surface area contributed by atoms with E-state index >= 15 is 0 Å². The average molecular weight is 403 g/mol. The van der Waals surface area contributed by atoms with Crippen LogP contribution in [0, 0.1) is 0 Å². The lowest BCUT2D eigenvalue weighted by atomic mass is 10.1. The smallest absolute Gasteiger partial charge is 0.261 e. The molecule has 0 radical (unpaired) electrons. The van der Waals surface area contributed by atoms with Gasteiger partial charge < -0.3 is 4.74 Å². The lowest BCUT2D eigenvalue weighted by Gasteiger charge is -2.09. The van der Waals surface area contributed by atoms with Gasteiger partial charge in [-0.2, -0.15) is 0 Å². The Balaban J connectivity index is 1.72. The van der Waals surface area contributed by atoms with Crippen LogP contribution in [0.1, 0.15) is 10.4 Å². The number of hydrogen-bond acceptors (Lipinski definition) is 4. The summed E-state index contributed by atoms with van der Waals surface area (Å²) in [6, 6.07) is 14.8. The molecule has 0 fully saturated rings. The Morgan fingerprint density at radius 2 is 1.85 bits per heavy atom. The predicted molar refractivity (Wildman–Crippen MR) is 108 cm³/mol. The van der Waals surface area contributed by atoms with Crippen molar-refractivity contribution in [3.63, 3.8) is 0 Å². The van der Waals surface area contributed by atoms with E-state index < -0.39 is 0 Å². The normalized spacial score (nSPS) is 11.0. The van der Waals surface area contributed by atoms with Crippen LogP contribution in [0.25, 0.3) is 21.0 Å². The molecule has 1 aromatic heterocycles. The van der Waals surface area contributed by atoms with Gasteiger partial charge >= 0.3 is 0 Å². The van der Waals surface area contributed by atoms with E-state index in [4.69, 9.17) is 27.9 Å². The third-order valence-electron chi connectivity index (χ3n) is 3.95. The second kappa shape index (κ2) is 6.76. The maximum atomic E-state index is 12.8. The maximum absolute atomic E-state index is 12.8. The number of carbonyl (C=O) groups is 1. The highest BCUT2D eigenvalue weighted by atomic mass is 35.5. The van der Waals surface area contributed by atoms with E-state index in [1.54, 1.807) is 25.3 Å². The molecule has 3 aromatic carbocycles. The molecule has 0 spiro atoms. The first kappa shape index (κ1) is 17.1. The number of benzene rings is 3. The van der Waals surface area contributed by atoms with Crippen LogP contribution in [-0.4, -0.2) is 18.0 Å². The summed E-state index contributed by atoms with van der Waals surface area (Å²) in [7, 11) is 1.54. The molecule has 4 aromatic rings. The molecule has 4 nitrogen and oxygen atoms in total. The fraction of sp³-hybridized carbons (Fsp3) is 0.0526. The van der Waals surface area contributed by atoms with Crippen molar-refractivity contribution >= 4 is 66.6 Å². The van der Waals surface area contributed by atoms with Crippen molar-refractivity contribution < 1.29 is 9.53 Å². The van der Waals surface area contributed by atoms with Crippen LogP contribution in [0.2, 0.25) is 10.0 Å². The Morgan fingerprint density at radius 1 is 1.12 bits per heavy atom. The van der Waals surface area contributed by atoms with Gasteiger partial charge in [0.25, 0.3) is 5.91 Å². The molecule has 26 heavy (non-hydrogen) atoms. The van der Waals surface area contributed by atoms with Crippen molar-refractivity contribution in [3.8, 4) is 5.75 Å². The van der Waals surface area contributed by atoms with Gasteiger partial charge in [-0.25, -0.2) is 4.98 Å². The standard InChI is InChI=1S/C19H12Cl2N2O2S/c1-25-15-7-11-5-3-2-4-10(11)6-13(15)18(24)23-19-22-17-14(21)8-12(20)9-16(17)26-19/h2-9H,1H3,(H,22,23,24). The second-order valence-electron chi connectivity index (χ2n) is 5.61. The zero-order valence-electron chi connectivity index (χ0n) is 13.5. The summed E-state index contributed by atoms with van der Waals surface area (Å²) in [6.07, 6.45) is 0. The Labute approximate surface area is 163 Å². The van der Waals surface area contributed by atoms with Crippen LogP contribution in [0.15, 0.2) is 48.5 Å². The number of rotatable bonds is 3. The first-order valence-corrected chi connectivity index (χ1v) is 9.26. The van der Waals surface area contributed by atoms with E-state index in [2.05, 4.69) is 10.3 Å². The molecule has 0 bridgehead atoms. The first-order chi connectivity index (χ1) is 12.5. The van der Waals surface area contributed by atoms with Crippen molar-refractivity contribution in [1.29, 1.82) is 0 Å². The monoisotopic (exact) mass is 402 g/mol. The molecule has 0 atom stereocenters. The fourth-order valence-corrected chi connectivity index (χ4v) is 4.32. The van der Waals surface area contributed by atoms with E-state index in [1.165, 1.54) is 11.3 Å². The van der Waals surface area contributed by atoms with Crippen molar-refractivity contribution in [3.05, 3.63) is 64.1 Å². The number of thiazole rings is 1. The molecule has 1 amide bonds. The van der Waals surface area contributed by atoms with Crippen molar-refractivity contribution in [2.45, 2.75) is 0 Å².